The topological polar surface area (TPSA) is 102 Å². The van der Waals surface area contributed by atoms with E-state index in [4.69, 9.17) is 4.74 Å². The van der Waals surface area contributed by atoms with Crippen molar-refractivity contribution in [2.24, 2.45) is 0 Å². The maximum atomic E-state index is 12.1. The second-order valence-electron chi connectivity index (χ2n) is 19.1. The van der Waals surface area contributed by atoms with Gasteiger partial charge in [0, 0.05) is 65.3 Å². The Labute approximate surface area is 419 Å². The van der Waals surface area contributed by atoms with Gasteiger partial charge in [-0.2, -0.15) is 4.58 Å². The number of carbonyl (C=O) groups is 1. The molecule has 0 fully saturated rings. The molecule has 1 N–H and O–H groups in total. The van der Waals surface area contributed by atoms with Crippen LogP contribution in [0.1, 0.15) is 96.8 Å². The number of ether oxygens (including phenoxy) is 1. The van der Waals surface area contributed by atoms with Crippen LogP contribution in [-0.2, 0) is 32.2 Å². The summed E-state index contributed by atoms with van der Waals surface area (Å²) in [6.45, 7) is 18.7. The standard InChI is InChI=1S/C57H63N3O5S.Na/c1-8-9-36-59-48-30-24-41-16-10-12-20-46(41)52(48)56(4,5)50(59)32-26-43-18-14-19-44(54(43)65-45-28-22-40(23-29-45)34-35-58-55(61)39(2)3)27-33-51-57(6,7)53-47-21-13-11-17-42(47)25-31-49(53)60(51)37-15-38-66(62,63)64;/h10-13,16-17,20-33H,2,8-9,14-15,18-19,34-38H2,1,3-7H3,(H-,58,61,62,63,64);/q;+1. The summed E-state index contributed by atoms with van der Waals surface area (Å²) in [7, 11) is -4.38. The smallest absolute Gasteiger partial charge is 0.748 e. The first-order chi connectivity index (χ1) is 31.6. The second kappa shape index (κ2) is 20.7. The molecule has 342 valence electrons. The number of amides is 1. The molecule has 2 heterocycles. The van der Waals surface area contributed by atoms with E-state index in [-0.39, 0.29) is 47.3 Å². The van der Waals surface area contributed by atoms with Gasteiger partial charge in [-0.1, -0.05) is 107 Å². The van der Waals surface area contributed by atoms with Gasteiger partial charge in [-0.05, 0) is 133 Å². The predicted molar refractivity (Wildman–Crippen MR) is 270 cm³/mol. The zero-order chi connectivity index (χ0) is 46.8. The molecule has 10 heteroatoms. The molecule has 0 aromatic heterocycles. The van der Waals surface area contributed by atoms with Crippen molar-refractivity contribution in [1.82, 2.24) is 5.32 Å². The van der Waals surface area contributed by atoms with Crippen molar-refractivity contribution < 1.29 is 56.6 Å². The maximum absolute atomic E-state index is 12.1. The third kappa shape index (κ3) is 10.5. The van der Waals surface area contributed by atoms with Crippen molar-refractivity contribution in [3.8, 4) is 5.75 Å². The van der Waals surface area contributed by atoms with Crippen LogP contribution < -0.4 is 44.5 Å². The predicted octanol–water partition coefficient (Wildman–Crippen LogP) is 9.02. The summed E-state index contributed by atoms with van der Waals surface area (Å²) in [5.41, 5.74) is 10.2. The Balaban J connectivity index is 0.00000666. The molecule has 0 saturated carbocycles. The molecule has 5 aromatic carbocycles. The summed E-state index contributed by atoms with van der Waals surface area (Å²) in [4.78, 5) is 14.3. The number of nitrogens with one attached hydrogen (secondary N) is 1. The molecule has 0 bridgehead atoms. The molecule has 0 unspecified atom stereocenters. The van der Waals surface area contributed by atoms with E-state index >= 15 is 0 Å². The van der Waals surface area contributed by atoms with E-state index in [9.17, 15) is 17.8 Å². The van der Waals surface area contributed by atoms with Crippen molar-refractivity contribution in [3.05, 3.63) is 173 Å². The van der Waals surface area contributed by atoms with Gasteiger partial charge in [0.15, 0.2) is 5.71 Å². The van der Waals surface area contributed by atoms with Crippen molar-refractivity contribution in [1.29, 1.82) is 0 Å². The van der Waals surface area contributed by atoms with Crippen LogP contribution in [0.5, 0.6) is 5.75 Å². The summed E-state index contributed by atoms with van der Waals surface area (Å²) < 4.78 is 44.9. The second-order valence-corrected chi connectivity index (χ2v) is 20.6. The Morgan fingerprint density at radius 3 is 2.19 bits per heavy atom. The van der Waals surface area contributed by atoms with Gasteiger partial charge in [0.1, 0.15) is 18.1 Å². The summed E-state index contributed by atoms with van der Waals surface area (Å²) in [5, 5.41) is 7.76. The number of rotatable bonds is 16. The van der Waals surface area contributed by atoms with Crippen LogP contribution in [0.2, 0.25) is 0 Å². The molecule has 0 radical (unpaired) electrons. The van der Waals surface area contributed by atoms with E-state index < -0.39 is 21.3 Å². The van der Waals surface area contributed by atoms with Crippen LogP contribution in [0.4, 0.5) is 11.4 Å². The molecule has 0 spiro atoms. The first-order valence-corrected chi connectivity index (χ1v) is 25.1. The zero-order valence-corrected chi connectivity index (χ0v) is 43.2. The number of hydrogen-bond acceptors (Lipinski definition) is 6. The Kier molecular flexibility index (Phi) is 15.4. The monoisotopic (exact) mass is 924 g/mol. The maximum Gasteiger partial charge on any atom is 1.00 e. The molecule has 5 aromatic rings. The van der Waals surface area contributed by atoms with Crippen LogP contribution in [0.3, 0.4) is 0 Å². The number of unbranched alkanes of at least 4 members (excludes halogenated alkanes) is 1. The quantitative estimate of drug-likeness (QED) is 0.0459. The normalized spacial score (nSPS) is 17.7. The third-order valence-electron chi connectivity index (χ3n) is 13.6. The van der Waals surface area contributed by atoms with E-state index in [0.717, 1.165) is 89.0 Å². The summed E-state index contributed by atoms with van der Waals surface area (Å²) in [6.07, 6.45) is 14.7. The first-order valence-electron chi connectivity index (χ1n) is 23.5. The number of fused-ring (bicyclic) bond motifs is 6. The van der Waals surface area contributed by atoms with Crippen molar-refractivity contribution in [3.63, 3.8) is 0 Å². The van der Waals surface area contributed by atoms with E-state index in [1.807, 2.05) is 18.2 Å². The zero-order valence-electron chi connectivity index (χ0n) is 40.4. The Bertz CT molecular complexity index is 2990. The van der Waals surface area contributed by atoms with Crippen LogP contribution in [0.25, 0.3) is 21.5 Å². The van der Waals surface area contributed by atoms with E-state index in [0.29, 0.717) is 25.1 Å². The number of carbonyl (C=O) groups excluding carboxylic acids is 1. The number of nitrogens with zero attached hydrogens (tertiary/aromatic N) is 2. The van der Waals surface area contributed by atoms with Crippen molar-refractivity contribution in [2.45, 2.75) is 97.3 Å². The molecule has 1 aliphatic carbocycles. The van der Waals surface area contributed by atoms with Gasteiger partial charge in [0.25, 0.3) is 0 Å². The summed E-state index contributed by atoms with van der Waals surface area (Å²) >= 11 is 0. The SMILES string of the molecule is C=C(C)C(=O)NCCc1ccc(OC2=C(/C=C/C3=[N+](CCCC)c4ccc5ccccc5c4C3(C)C)CCC/C2=C\C=C2\N(CCCS(=O)(=O)[O-])c3ccc4ccccc4c3C2(C)C)cc1.[Na+]. The first kappa shape index (κ1) is 49.9. The van der Waals surface area contributed by atoms with E-state index in [1.54, 1.807) is 6.92 Å². The number of benzene rings is 5. The number of hydrogen-bond donors (Lipinski definition) is 1. The fourth-order valence-electron chi connectivity index (χ4n) is 10.3. The summed E-state index contributed by atoms with van der Waals surface area (Å²) in [5.74, 6) is 0.990. The molecular weight excluding hydrogens is 862 g/mol. The van der Waals surface area contributed by atoms with E-state index in [2.05, 4.69) is 159 Å². The van der Waals surface area contributed by atoms with Crippen LogP contribution in [-0.4, -0.2) is 54.6 Å². The summed E-state index contributed by atoms with van der Waals surface area (Å²) in [6, 6.07) is 34.0. The minimum atomic E-state index is -4.38. The van der Waals surface area contributed by atoms with Gasteiger partial charge in [0.2, 0.25) is 11.6 Å². The molecule has 2 aliphatic heterocycles. The van der Waals surface area contributed by atoms with Gasteiger partial charge in [0.05, 0.1) is 15.5 Å². The number of anilines is 1. The molecule has 1 amide bonds. The molecule has 8 rings (SSSR count). The van der Waals surface area contributed by atoms with Crippen molar-refractivity contribution in [2.75, 3.05) is 30.3 Å². The molecule has 0 atom stereocenters. The van der Waals surface area contributed by atoms with Gasteiger partial charge >= 0.3 is 29.6 Å². The molecule has 0 saturated heterocycles. The third-order valence-corrected chi connectivity index (χ3v) is 14.4. The van der Waals surface area contributed by atoms with Gasteiger partial charge in [-0.15, -0.1) is 0 Å². The fraction of sp³-hybridized carbons (Fsp3) is 0.333. The van der Waals surface area contributed by atoms with Gasteiger partial charge < -0.3 is 19.5 Å². The average molecular weight is 925 g/mol. The Morgan fingerprint density at radius 1 is 0.851 bits per heavy atom. The minimum Gasteiger partial charge on any atom is -0.748 e. The molecule has 67 heavy (non-hydrogen) atoms. The molecular formula is C57H63N3NaO5S+. The fourth-order valence-corrected chi connectivity index (χ4v) is 10.8. The van der Waals surface area contributed by atoms with E-state index in [1.165, 1.54) is 33.3 Å². The van der Waals surface area contributed by atoms with Crippen molar-refractivity contribution >= 4 is 54.7 Å². The molecule has 8 nitrogen and oxygen atoms in total. The average Bonchev–Trinajstić information content (AvgIpc) is 3.65. The van der Waals surface area contributed by atoms with Crippen LogP contribution >= 0.6 is 0 Å². The largest absolute Gasteiger partial charge is 1.00 e. The Hall–Kier alpha value is -5.03. The van der Waals surface area contributed by atoms with Gasteiger partial charge in [-0.25, -0.2) is 8.42 Å². The minimum absolute atomic E-state index is 0. The van der Waals surface area contributed by atoms with Crippen LogP contribution in [0.15, 0.2) is 156 Å². The van der Waals surface area contributed by atoms with Gasteiger partial charge in [-0.3, -0.25) is 4.79 Å². The molecule has 3 aliphatic rings. The van der Waals surface area contributed by atoms with Crippen LogP contribution in [0, 0.1) is 0 Å². The number of allylic oxidation sites excluding steroid dienone is 7. The Morgan fingerprint density at radius 2 is 1.52 bits per heavy atom.